The van der Waals surface area contributed by atoms with E-state index in [0.29, 0.717) is 0 Å². The maximum Gasteiger partial charge on any atom is 0.116 e. The van der Waals surface area contributed by atoms with Gasteiger partial charge in [0.05, 0.1) is 0 Å². The molecule has 0 saturated carbocycles. The Hall–Kier alpha value is -0.200. The first-order valence-electron chi connectivity index (χ1n) is 0.813. The summed E-state index contributed by atoms with van der Waals surface area (Å²) in [5, 5.41) is 0. The monoisotopic (exact) mass is 82.1 g/mol. The van der Waals surface area contributed by atoms with Crippen molar-refractivity contribution in [2.45, 2.75) is 14.4 Å². The van der Waals surface area contributed by atoms with E-state index in [-0.39, 0.29) is 24.3 Å². The molecule has 0 aromatic carbocycles. The van der Waals surface area contributed by atoms with Crippen LogP contribution in [0.1, 0.15) is 14.4 Å². The normalized spacial score (nSPS) is 2.17. The minimum atomic E-state index is 0. The van der Waals surface area contributed by atoms with Gasteiger partial charge in [-0.15, -0.1) is 0 Å². The molecule has 6 heavy (non-hydrogen) atoms. The Kier molecular flexibility index (Phi) is 745. The first kappa shape index (κ1) is 41.2. The predicted molar refractivity (Wildman–Crippen MR) is 30.0 cm³/mol. The van der Waals surface area contributed by atoms with E-state index >= 15 is 0 Å². The summed E-state index contributed by atoms with van der Waals surface area (Å²) in [6, 6.07) is 0. The van der Waals surface area contributed by atoms with Gasteiger partial charge in [0.2, 0.25) is 0 Å². The Morgan fingerprint density at radius 2 is 1.33 bits per heavy atom. The SMILES string of the molecule is C.CC=O.[B].[B]. The molecule has 0 aromatic heterocycles. The van der Waals surface area contributed by atoms with Crippen LogP contribution in [-0.2, 0) is 4.79 Å². The smallest absolute Gasteiger partial charge is 0.116 e. The molecule has 0 rings (SSSR count). The molecule has 1 nitrogen and oxygen atoms in total. The van der Waals surface area contributed by atoms with E-state index in [1.54, 1.807) is 0 Å². The van der Waals surface area contributed by atoms with Crippen molar-refractivity contribution in [2.75, 3.05) is 0 Å². The third kappa shape index (κ3) is 744. The first-order valence-corrected chi connectivity index (χ1v) is 0.813. The maximum absolute atomic E-state index is 8.81. The minimum absolute atomic E-state index is 0. The van der Waals surface area contributed by atoms with E-state index < -0.39 is 0 Å². The second-order valence-electron chi connectivity index (χ2n) is 0.236. The van der Waals surface area contributed by atoms with Gasteiger partial charge >= 0.3 is 0 Å². The fraction of sp³-hybridized carbons (Fsp3) is 0.667. The molecule has 0 aliphatic rings. The molecule has 0 aliphatic heterocycles. The van der Waals surface area contributed by atoms with E-state index in [1.165, 1.54) is 6.92 Å². The lowest BCUT2D eigenvalue weighted by molar-refractivity contribution is -0.106. The van der Waals surface area contributed by atoms with Crippen molar-refractivity contribution in [2.24, 2.45) is 0 Å². The summed E-state index contributed by atoms with van der Waals surface area (Å²) in [7, 11) is 0. The van der Waals surface area contributed by atoms with Crippen molar-refractivity contribution >= 4 is 23.1 Å². The molecule has 0 atom stereocenters. The topological polar surface area (TPSA) is 17.1 Å². The molecule has 0 spiro atoms. The van der Waals surface area contributed by atoms with Crippen molar-refractivity contribution < 1.29 is 4.79 Å². The van der Waals surface area contributed by atoms with Crippen molar-refractivity contribution in [3.05, 3.63) is 0 Å². The number of aldehydes is 1. The largest absolute Gasteiger partial charge is 0.304 e. The number of hydrogen-bond donors (Lipinski definition) is 0. The highest BCUT2D eigenvalue weighted by atomic mass is 16.1. The Labute approximate surface area is 43.3 Å². The standard InChI is InChI=1S/C2H4O.CH4.2B/c1-2-3;;;/h2H,1H3;1H4;;. The summed E-state index contributed by atoms with van der Waals surface area (Å²) in [6.07, 6.45) is 0.750. The Balaban J connectivity index is -0.00000000667. The number of hydrogen-bond acceptors (Lipinski definition) is 1. The summed E-state index contributed by atoms with van der Waals surface area (Å²) >= 11 is 0. The molecular weight excluding hydrogens is 73.7 g/mol. The number of rotatable bonds is 0. The Morgan fingerprint density at radius 3 is 1.33 bits per heavy atom. The molecule has 0 aliphatic carbocycles. The van der Waals surface area contributed by atoms with E-state index in [1.807, 2.05) is 0 Å². The summed E-state index contributed by atoms with van der Waals surface area (Å²) in [6.45, 7) is 1.44. The average Bonchev–Trinajstić information content (AvgIpc) is 0.918. The molecule has 0 fully saturated rings. The van der Waals surface area contributed by atoms with Crippen LogP contribution >= 0.6 is 0 Å². The average molecular weight is 81.7 g/mol. The highest BCUT2D eigenvalue weighted by Gasteiger charge is 1.24. The van der Waals surface area contributed by atoms with Crippen LogP contribution in [0.3, 0.4) is 0 Å². The van der Waals surface area contributed by atoms with Crippen molar-refractivity contribution in [1.29, 1.82) is 0 Å². The fourth-order valence-electron chi connectivity index (χ4n) is 0. The molecule has 0 heterocycles. The quantitative estimate of drug-likeness (QED) is 0.298. The van der Waals surface area contributed by atoms with Gasteiger partial charge in [-0.05, 0) is 6.92 Å². The summed E-state index contributed by atoms with van der Waals surface area (Å²) in [5.41, 5.74) is 0. The van der Waals surface area contributed by atoms with Crippen LogP contribution in [0.25, 0.3) is 0 Å². The van der Waals surface area contributed by atoms with Crippen molar-refractivity contribution in [3.63, 3.8) is 0 Å². The van der Waals surface area contributed by atoms with Gasteiger partial charge in [-0.2, -0.15) is 0 Å². The first-order chi connectivity index (χ1) is 1.41. The summed E-state index contributed by atoms with van der Waals surface area (Å²) in [5.74, 6) is 0. The van der Waals surface area contributed by atoms with Gasteiger partial charge in [-0.1, -0.05) is 7.43 Å². The lowest BCUT2D eigenvalue weighted by Crippen LogP contribution is -1.36. The van der Waals surface area contributed by atoms with E-state index in [2.05, 4.69) is 0 Å². The minimum Gasteiger partial charge on any atom is -0.304 e. The van der Waals surface area contributed by atoms with Crippen LogP contribution in [-0.4, -0.2) is 23.1 Å². The summed E-state index contributed by atoms with van der Waals surface area (Å²) < 4.78 is 0. The predicted octanol–water partition coefficient (Wildman–Crippen LogP) is 0.0797. The van der Waals surface area contributed by atoms with Gasteiger partial charge in [0.1, 0.15) is 6.29 Å². The van der Waals surface area contributed by atoms with Gasteiger partial charge < -0.3 is 4.79 Å². The molecule has 0 saturated heterocycles. The van der Waals surface area contributed by atoms with Gasteiger partial charge in [0, 0.05) is 16.8 Å². The zero-order valence-corrected chi connectivity index (χ0v) is 3.14. The van der Waals surface area contributed by atoms with Crippen molar-refractivity contribution in [3.8, 4) is 0 Å². The molecule has 32 valence electrons. The number of carbonyl (C=O) groups excluding carboxylic acids is 1. The zero-order chi connectivity index (χ0) is 2.71. The lowest BCUT2D eigenvalue weighted by atomic mass is 10.8. The second-order valence-corrected chi connectivity index (χ2v) is 0.236. The zero-order valence-electron chi connectivity index (χ0n) is 3.14. The molecule has 0 bridgehead atoms. The van der Waals surface area contributed by atoms with Crippen LogP contribution in [0, 0.1) is 0 Å². The summed E-state index contributed by atoms with van der Waals surface area (Å²) in [4.78, 5) is 8.81. The van der Waals surface area contributed by atoms with Crippen LogP contribution in [0.2, 0.25) is 0 Å². The van der Waals surface area contributed by atoms with Crippen LogP contribution in [0.4, 0.5) is 0 Å². The van der Waals surface area contributed by atoms with Crippen LogP contribution in [0.15, 0.2) is 0 Å². The molecule has 3 heteroatoms. The molecule has 6 radical (unpaired) electrons. The van der Waals surface area contributed by atoms with Gasteiger partial charge in [-0.3, -0.25) is 0 Å². The Bertz CT molecular complexity index is 16.3. The fourth-order valence-corrected chi connectivity index (χ4v) is 0. The molecule has 0 amide bonds. The van der Waals surface area contributed by atoms with Gasteiger partial charge in [0.25, 0.3) is 0 Å². The third-order valence-electron chi connectivity index (χ3n) is 0. The maximum atomic E-state index is 8.81. The molecule has 0 aromatic rings. The second kappa shape index (κ2) is 108. The highest BCUT2D eigenvalue weighted by Crippen LogP contribution is 1.13. The Morgan fingerprint density at radius 1 is 1.33 bits per heavy atom. The lowest BCUT2D eigenvalue weighted by Gasteiger charge is -1.23. The number of carbonyl (C=O) groups is 1. The third-order valence-corrected chi connectivity index (χ3v) is 0. The van der Waals surface area contributed by atoms with E-state index in [0.717, 1.165) is 6.29 Å². The van der Waals surface area contributed by atoms with Crippen LogP contribution < -0.4 is 0 Å². The van der Waals surface area contributed by atoms with Gasteiger partial charge in [-0.25, -0.2) is 0 Å². The highest BCUT2D eigenvalue weighted by molar-refractivity contribution is 5.76. The molecular formula is C3H8B2O. The van der Waals surface area contributed by atoms with Crippen molar-refractivity contribution in [1.82, 2.24) is 0 Å². The van der Waals surface area contributed by atoms with E-state index in [4.69, 9.17) is 4.79 Å². The van der Waals surface area contributed by atoms with E-state index in [9.17, 15) is 0 Å². The van der Waals surface area contributed by atoms with Gasteiger partial charge in [0.15, 0.2) is 0 Å². The molecule has 0 N–H and O–H groups in total. The molecule has 0 unspecified atom stereocenters. The van der Waals surface area contributed by atoms with Crippen LogP contribution in [0.5, 0.6) is 0 Å².